The fraction of sp³-hybridized carbons (Fsp3) is 0.381. The molecule has 0 saturated heterocycles. The quantitative estimate of drug-likeness (QED) is 0.590. The molecular weight excluding hydrogens is 296 g/mol. The molecule has 0 heterocycles. The standard InChI is InChI=1S/C21H26N2O/c1-22-14-8-4-3-5-9-16-12-13-18-17-10-6-7-11-19(17)21(23-24-2)20(18)15-16/h5-6,9-10,12-13,15,22H,3-4,7-8,11,14H2,1-2H3/b9-5+,23-21-. The van der Waals surface area contributed by atoms with Crippen molar-refractivity contribution in [1.29, 1.82) is 0 Å². The van der Waals surface area contributed by atoms with E-state index >= 15 is 0 Å². The SMILES string of the molecule is CNCCCC/C=C/c1ccc2c(c1)/C(=N\OC)C1=C2C=CCC1. The van der Waals surface area contributed by atoms with Gasteiger partial charge in [-0.25, -0.2) is 0 Å². The lowest BCUT2D eigenvalue weighted by molar-refractivity contribution is 0.214. The Morgan fingerprint density at radius 1 is 1.25 bits per heavy atom. The van der Waals surface area contributed by atoms with Crippen LogP contribution in [-0.2, 0) is 4.84 Å². The summed E-state index contributed by atoms with van der Waals surface area (Å²) in [6.45, 7) is 1.09. The molecule has 0 bridgehead atoms. The van der Waals surface area contributed by atoms with Crippen molar-refractivity contribution in [3.8, 4) is 0 Å². The molecule has 2 aliphatic carbocycles. The Labute approximate surface area is 144 Å². The molecule has 0 aliphatic heterocycles. The summed E-state index contributed by atoms with van der Waals surface area (Å²) in [5.74, 6) is 0. The van der Waals surface area contributed by atoms with Crippen molar-refractivity contribution in [1.82, 2.24) is 5.32 Å². The van der Waals surface area contributed by atoms with Gasteiger partial charge in [-0.05, 0) is 74.0 Å². The topological polar surface area (TPSA) is 33.6 Å². The first-order valence-corrected chi connectivity index (χ1v) is 8.82. The van der Waals surface area contributed by atoms with Crippen molar-refractivity contribution in [2.75, 3.05) is 20.7 Å². The number of benzene rings is 1. The smallest absolute Gasteiger partial charge is 0.114 e. The molecule has 3 nitrogen and oxygen atoms in total. The van der Waals surface area contributed by atoms with E-state index in [0.29, 0.717) is 0 Å². The molecule has 0 spiro atoms. The highest BCUT2D eigenvalue weighted by molar-refractivity contribution is 6.25. The van der Waals surface area contributed by atoms with E-state index in [1.165, 1.54) is 40.7 Å². The molecule has 0 saturated carbocycles. The van der Waals surface area contributed by atoms with Crippen LogP contribution < -0.4 is 5.32 Å². The maximum atomic E-state index is 5.11. The third-order valence-corrected chi connectivity index (χ3v) is 4.59. The first kappa shape index (κ1) is 16.7. The number of oxime groups is 1. The Bertz CT molecular complexity index is 711. The van der Waals surface area contributed by atoms with E-state index in [9.17, 15) is 0 Å². The van der Waals surface area contributed by atoms with Gasteiger partial charge in [-0.15, -0.1) is 0 Å². The molecular formula is C21H26N2O. The van der Waals surface area contributed by atoms with Gasteiger partial charge in [-0.1, -0.05) is 41.6 Å². The molecule has 0 radical (unpaired) electrons. The van der Waals surface area contributed by atoms with Crippen LogP contribution in [0.3, 0.4) is 0 Å². The zero-order chi connectivity index (χ0) is 16.8. The summed E-state index contributed by atoms with van der Waals surface area (Å²) in [6.07, 6.45) is 14.6. The van der Waals surface area contributed by atoms with Crippen LogP contribution in [0.25, 0.3) is 11.6 Å². The lowest BCUT2D eigenvalue weighted by Gasteiger charge is -2.08. The van der Waals surface area contributed by atoms with E-state index in [2.05, 4.69) is 53.0 Å². The number of nitrogens with zero attached hydrogens (tertiary/aromatic N) is 1. The number of rotatable bonds is 7. The third kappa shape index (κ3) is 3.51. The average molecular weight is 322 g/mol. The average Bonchev–Trinajstić information content (AvgIpc) is 2.92. The minimum Gasteiger partial charge on any atom is -0.399 e. The molecule has 1 N–H and O–H groups in total. The molecule has 0 atom stereocenters. The lowest BCUT2D eigenvalue weighted by Crippen LogP contribution is -2.06. The zero-order valence-electron chi connectivity index (χ0n) is 14.6. The first-order valence-electron chi connectivity index (χ1n) is 8.82. The van der Waals surface area contributed by atoms with Gasteiger partial charge >= 0.3 is 0 Å². The van der Waals surface area contributed by atoms with E-state index in [1.807, 2.05) is 7.05 Å². The molecule has 0 amide bonds. The Morgan fingerprint density at radius 2 is 2.17 bits per heavy atom. The largest absolute Gasteiger partial charge is 0.399 e. The second kappa shape index (κ2) is 8.11. The predicted octanol–water partition coefficient (Wildman–Crippen LogP) is 4.56. The maximum absolute atomic E-state index is 5.11. The van der Waals surface area contributed by atoms with Crippen molar-refractivity contribution < 1.29 is 4.84 Å². The van der Waals surface area contributed by atoms with Crippen LogP contribution in [0.15, 0.2) is 47.2 Å². The fourth-order valence-corrected chi connectivity index (χ4v) is 3.40. The van der Waals surface area contributed by atoms with Gasteiger partial charge in [0.05, 0.1) is 0 Å². The van der Waals surface area contributed by atoms with Crippen LogP contribution >= 0.6 is 0 Å². The normalized spacial score (nSPS) is 17.7. The third-order valence-electron chi connectivity index (χ3n) is 4.59. The minimum absolute atomic E-state index is 1.01. The van der Waals surface area contributed by atoms with Crippen molar-refractivity contribution >= 4 is 17.4 Å². The second-order valence-electron chi connectivity index (χ2n) is 6.26. The highest BCUT2D eigenvalue weighted by Gasteiger charge is 2.28. The number of hydrogen-bond acceptors (Lipinski definition) is 3. The molecule has 3 rings (SSSR count). The summed E-state index contributed by atoms with van der Waals surface area (Å²) in [5, 5.41) is 7.50. The molecule has 0 unspecified atom stereocenters. The molecule has 2 aliphatic rings. The molecule has 1 aromatic carbocycles. The summed E-state index contributed by atoms with van der Waals surface area (Å²) in [5.41, 5.74) is 7.36. The summed E-state index contributed by atoms with van der Waals surface area (Å²) in [6, 6.07) is 6.66. The zero-order valence-corrected chi connectivity index (χ0v) is 14.6. The Morgan fingerprint density at radius 3 is 3.00 bits per heavy atom. The highest BCUT2D eigenvalue weighted by Crippen LogP contribution is 2.39. The van der Waals surface area contributed by atoms with E-state index < -0.39 is 0 Å². The lowest BCUT2D eigenvalue weighted by atomic mass is 9.97. The van der Waals surface area contributed by atoms with Crippen LogP contribution in [0.4, 0.5) is 0 Å². The van der Waals surface area contributed by atoms with Gasteiger partial charge in [-0.3, -0.25) is 0 Å². The van der Waals surface area contributed by atoms with Crippen molar-refractivity contribution in [2.45, 2.75) is 32.1 Å². The van der Waals surface area contributed by atoms with Gasteiger partial charge in [-0.2, -0.15) is 0 Å². The molecule has 1 aromatic rings. The van der Waals surface area contributed by atoms with Gasteiger partial charge in [0.25, 0.3) is 0 Å². The molecule has 0 fully saturated rings. The van der Waals surface area contributed by atoms with Crippen LogP contribution in [0.5, 0.6) is 0 Å². The van der Waals surface area contributed by atoms with Gasteiger partial charge in [0.15, 0.2) is 0 Å². The van der Waals surface area contributed by atoms with E-state index in [1.54, 1.807) is 7.11 Å². The van der Waals surface area contributed by atoms with Crippen LogP contribution in [0.1, 0.15) is 48.8 Å². The fourth-order valence-electron chi connectivity index (χ4n) is 3.40. The van der Waals surface area contributed by atoms with Gasteiger partial charge in [0.1, 0.15) is 12.8 Å². The van der Waals surface area contributed by atoms with Crippen molar-refractivity contribution in [2.24, 2.45) is 5.16 Å². The molecule has 126 valence electrons. The number of allylic oxidation sites excluding steroid dienone is 5. The summed E-state index contributed by atoms with van der Waals surface area (Å²) < 4.78 is 0. The van der Waals surface area contributed by atoms with Crippen LogP contribution in [-0.4, -0.2) is 26.4 Å². The van der Waals surface area contributed by atoms with Crippen LogP contribution in [0.2, 0.25) is 0 Å². The highest BCUT2D eigenvalue weighted by atomic mass is 16.6. The van der Waals surface area contributed by atoms with Gasteiger partial charge in [0, 0.05) is 5.56 Å². The Kier molecular flexibility index (Phi) is 5.65. The predicted molar refractivity (Wildman–Crippen MR) is 102 cm³/mol. The van der Waals surface area contributed by atoms with E-state index in [4.69, 9.17) is 4.84 Å². The van der Waals surface area contributed by atoms with Gasteiger partial charge < -0.3 is 10.2 Å². The molecule has 3 heteroatoms. The van der Waals surface area contributed by atoms with Gasteiger partial charge in [0.2, 0.25) is 0 Å². The summed E-state index contributed by atoms with van der Waals surface area (Å²) >= 11 is 0. The van der Waals surface area contributed by atoms with Crippen molar-refractivity contribution in [3.63, 3.8) is 0 Å². The minimum atomic E-state index is 1.01. The Balaban J connectivity index is 1.78. The monoisotopic (exact) mass is 322 g/mol. The van der Waals surface area contributed by atoms with E-state index in [0.717, 1.165) is 31.5 Å². The van der Waals surface area contributed by atoms with Crippen molar-refractivity contribution in [3.05, 3.63) is 58.7 Å². The van der Waals surface area contributed by atoms with E-state index in [-0.39, 0.29) is 0 Å². The molecule has 24 heavy (non-hydrogen) atoms. The summed E-state index contributed by atoms with van der Waals surface area (Å²) in [4.78, 5) is 5.11. The van der Waals surface area contributed by atoms with Crippen LogP contribution in [0, 0.1) is 0 Å². The number of unbranched alkanes of at least 4 members (excludes halogenated alkanes) is 2. The maximum Gasteiger partial charge on any atom is 0.114 e. The number of hydrogen-bond donors (Lipinski definition) is 1. The number of fused-ring (bicyclic) bond motifs is 2. The Hall–Kier alpha value is -2.13. The summed E-state index contributed by atoms with van der Waals surface area (Å²) in [7, 11) is 3.63. The molecule has 0 aromatic heterocycles. The second-order valence-corrected chi connectivity index (χ2v) is 6.26. The first-order chi connectivity index (χ1) is 11.8. The number of nitrogens with one attached hydrogen (secondary N) is 1.